The number of halogens is 3. The van der Waals surface area contributed by atoms with Gasteiger partial charge in [0.1, 0.15) is 11.4 Å². The summed E-state index contributed by atoms with van der Waals surface area (Å²) in [4.78, 5) is 11.3. The number of rotatable bonds is 3. The van der Waals surface area contributed by atoms with Crippen molar-refractivity contribution in [3.05, 3.63) is 50.7 Å². The van der Waals surface area contributed by atoms with E-state index in [4.69, 9.17) is 17.3 Å². The van der Waals surface area contributed by atoms with Crippen LogP contribution in [0, 0.1) is 12.7 Å². The fourth-order valence-corrected chi connectivity index (χ4v) is 2.54. The molecule has 4 N–H and O–H groups in total. The Labute approximate surface area is 133 Å². The Hall–Kier alpha value is -1.79. The van der Waals surface area contributed by atoms with Gasteiger partial charge in [0, 0.05) is 9.50 Å². The Morgan fingerprint density at radius 3 is 2.67 bits per heavy atom. The molecule has 4 nitrogen and oxygen atoms in total. The molecule has 0 fully saturated rings. The number of carboxylic acids is 1. The SMILES string of the molecule is Cc1cc(Br)c(Nc2ccc(F)c(N)c2C(=O)O)cc1Cl. The van der Waals surface area contributed by atoms with Crippen molar-refractivity contribution in [2.45, 2.75) is 6.92 Å². The van der Waals surface area contributed by atoms with Crippen molar-refractivity contribution in [2.75, 3.05) is 11.1 Å². The topological polar surface area (TPSA) is 75.3 Å². The minimum Gasteiger partial charge on any atom is -0.478 e. The summed E-state index contributed by atoms with van der Waals surface area (Å²) in [5, 5.41) is 12.6. The van der Waals surface area contributed by atoms with Crippen LogP contribution in [0.25, 0.3) is 0 Å². The number of aromatic carboxylic acids is 1. The molecule has 2 rings (SSSR count). The number of anilines is 3. The number of carboxylic acid groups (broad SMARTS) is 1. The minimum atomic E-state index is -1.32. The van der Waals surface area contributed by atoms with Crippen LogP contribution < -0.4 is 11.1 Å². The summed E-state index contributed by atoms with van der Waals surface area (Å²) < 4.78 is 14.1. The summed E-state index contributed by atoms with van der Waals surface area (Å²) in [6.07, 6.45) is 0. The highest BCUT2D eigenvalue weighted by atomic mass is 79.9. The standard InChI is InChI=1S/C14H11BrClFN2O2/c1-6-4-7(15)11(5-8(6)16)19-10-3-2-9(17)13(18)12(10)14(20)21/h2-5,19H,18H2,1H3,(H,20,21). The zero-order valence-electron chi connectivity index (χ0n) is 10.9. The second-order valence-electron chi connectivity index (χ2n) is 4.40. The first-order chi connectivity index (χ1) is 9.81. The molecular formula is C14H11BrClFN2O2. The summed E-state index contributed by atoms with van der Waals surface area (Å²) in [5.74, 6) is -2.09. The highest BCUT2D eigenvalue weighted by molar-refractivity contribution is 9.10. The molecule has 0 aliphatic heterocycles. The Morgan fingerprint density at radius 2 is 2.05 bits per heavy atom. The quantitative estimate of drug-likeness (QED) is 0.689. The highest BCUT2D eigenvalue weighted by Gasteiger charge is 2.18. The van der Waals surface area contributed by atoms with Crippen LogP contribution in [-0.4, -0.2) is 11.1 Å². The molecule has 7 heteroatoms. The second kappa shape index (κ2) is 5.91. The molecule has 0 radical (unpaired) electrons. The van der Waals surface area contributed by atoms with Gasteiger partial charge in [0.25, 0.3) is 0 Å². The van der Waals surface area contributed by atoms with Gasteiger partial charge in [-0.15, -0.1) is 0 Å². The number of aryl methyl sites for hydroxylation is 1. The monoisotopic (exact) mass is 372 g/mol. The lowest BCUT2D eigenvalue weighted by molar-refractivity contribution is 0.0698. The lowest BCUT2D eigenvalue weighted by Gasteiger charge is -2.14. The number of nitrogens with two attached hydrogens (primary N) is 1. The van der Waals surface area contributed by atoms with Gasteiger partial charge in [-0.05, 0) is 52.7 Å². The van der Waals surface area contributed by atoms with Gasteiger partial charge in [-0.1, -0.05) is 11.6 Å². The number of nitrogens with one attached hydrogen (secondary N) is 1. The molecular weight excluding hydrogens is 363 g/mol. The lowest BCUT2D eigenvalue weighted by atomic mass is 10.1. The van der Waals surface area contributed by atoms with Crippen LogP contribution in [0.15, 0.2) is 28.7 Å². The van der Waals surface area contributed by atoms with E-state index in [0.29, 0.717) is 15.2 Å². The maximum atomic E-state index is 13.4. The third-order valence-electron chi connectivity index (χ3n) is 2.92. The van der Waals surface area contributed by atoms with Crippen LogP contribution in [0.4, 0.5) is 21.5 Å². The molecule has 0 aliphatic rings. The fourth-order valence-electron chi connectivity index (χ4n) is 1.82. The maximum absolute atomic E-state index is 13.4. The molecule has 0 heterocycles. The largest absolute Gasteiger partial charge is 0.478 e. The zero-order chi connectivity index (χ0) is 15.7. The normalized spacial score (nSPS) is 10.5. The van der Waals surface area contributed by atoms with E-state index in [2.05, 4.69) is 21.2 Å². The number of carbonyl (C=O) groups is 1. The van der Waals surface area contributed by atoms with Crippen molar-refractivity contribution >= 4 is 50.6 Å². The molecule has 0 saturated heterocycles. The van der Waals surface area contributed by atoms with Crippen molar-refractivity contribution in [3.8, 4) is 0 Å². The van der Waals surface area contributed by atoms with Gasteiger partial charge in [0.05, 0.1) is 17.1 Å². The summed E-state index contributed by atoms with van der Waals surface area (Å²) >= 11 is 9.41. The number of nitrogen functional groups attached to an aromatic ring is 1. The molecule has 110 valence electrons. The van der Waals surface area contributed by atoms with Gasteiger partial charge in [-0.2, -0.15) is 0 Å². The van der Waals surface area contributed by atoms with E-state index in [-0.39, 0.29) is 11.3 Å². The molecule has 0 amide bonds. The first kappa shape index (κ1) is 15.6. The molecule has 0 aromatic heterocycles. The Morgan fingerprint density at radius 1 is 1.38 bits per heavy atom. The van der Waals surface area contributed by atoms with E-state index in [1.165, 1.54) is 6.07 Å². The predicted molar refractivity (Wildman–Crippen MR) is 84.9 cm³/mol. The molecule has 0 unspecified atom stereocenters. The van der Waals surface area contributed by atoms with Crippen molar-refractivity contribution in [1.82, 2.24) is 0 Å². The van der Waals surface area contributed by atoms with E-state index >= 15 is 0 Å². The van der Waals surface area contributed by atoms with E-state index in [1.54, 1.807) is 12.1 Å². The highest BCUT2D eigenvalue weighted by Crippen LogP contribution is 2.34. The summed E-state index contributed by atoms with van der Waals surface area (Å²) in [7, 11) is 0. The van der Waals surface area contributed by atoms with Crippen molar-refractivity contribution < 1.29 is 14.3 Å². The first-order valence-electron chi connectivity index (χ1n) is 5.85. The molecule has 0 bridgehead atoms. The average Bonchev–Trinajstić information content (AvgIpc) is 2.40. The molecule has 2 aromatic carbocycles. The van der Waals surface area contributed by atoms with Crippen molar-refractivity contribution in [3.63, 3.8) is 0 Å². The Balaban J connectivity index is 2.52. The van der Waals surface area contributed by atoms with Crippen LogP contribution in [0.1, 0.15) is 15.9 Å². The van der Waals surface area contributed by atoms with E-state index in [1.807, 2.05) is 6.92 Å². The van der Waals surface area contributed by atoms with Crippen LogP contribution in [0.3, 0.4) is 0 Å². The smallest absolute Gasteiger partial charge is 0.340 e. The summed E-state index contributed by atoms with van der Waals surface area (Å²) in [6, 6.07) is 5.85. The van der Waals surface area contributed by atoms with Gasteiger partial charge in [-0.25, -0.2) is 9.18 Å². The molecule has 0 atom stereocenters. The minimum absolute atomic E-state index is 0.182. The average molecular weight is 374 g/mol. The molecule has 0 spiro atoms. The molecule has 2 aromatic rings. The van der Waals surface area contributed by atoms with Crippen molar-refractivity contribution in [2.24, 2.45) is 0 Å². The second-order valence-corrected chi connectivity index (χ2v) is 5.66. The van der Waals surface area contributed by atoms with E-state index in [9.17, 15) is 14.3 Å². The first-order valence-corrected chi connectivity index (χ1v) is 7.02. The van der Waals surface area contributed by atoms with Gasteiger partial charge in [-0.3, -0.25) is 0 Å². The van der Waals surface area contributed by atoms with Crippen LogP contribution in [0.2, 0.25) is 5.02 Å². The van der Waals surface area contributed by atoms with Crippen LogP contribution in [0.5, 0.6) is 0 Å². The van der Waals surface area contributed by atoms with Gasteiger partial charge in [0.2, 0.25) is 0 Å². The Bertz CT molecular complexity index is 737. The fraction of sp³-hybridized carbons (Fsp3) is 0.0714. The number of hydrogen-bond acceptors (Lipinski definition) is 3. The van der Waals surface area contributed by atoms with Crippen LogP contribution in [-0.2, 0) is 0 Å². The number of benzene rings is 2. The third-order valence-corrected chi connectivity index (χ3v) is 3.99. The maximum Gasteiger partial charge on any atom is 0.340 e. The zero-order valence-corrected chi connectivity index (χ0v) is 13.2. The van der Waals surface area contributed by atoms with E-state index < -0.39 is 17.5 Å². The van der Waals surface area contributed by atoms with Crippen molar-refractivity contribution in [1.29, 1.82) is 0 Å². The summed E-state index contributed by atoms with van der Waals surface area (Å²) in [5.41, 5.74) is 6.36. The Kier molecular flexibility index (Phi) is 4.39. The van der Waals surface area contributed by atoms with Gasteiger partial charge >= 0.3 is 5.97 Å². The molecule has 0 saturated carbocycles. The third kappa shape index (κ3) is 3.11. The number of hydrogen-bond donors (Lipinski definition) is 3. The summed E-state index contributed by atoms with van der Waals surface area (Å²) in [6.45, 7) is 1.84. The molecule has 21 heavy (non-hydrogen) atoms. The van der Waals surface area contributed by atoms with Crippen LogP contribution >= 0.6 is 27.5 Å². The molecule has 0 aliphatic carbocycles. The van der Waals surface area contributed by atoms with E-state index in [0.717, 1.165) is 11.6 Å². The van der Waals surface area contributed by atoms with Gasteiger partial charge in [0.15, 0.2) is 0 Å². The lowest BCUT2D eigenvalue weighted by Crippen LogP contribution is -2.09. The van der Waals surface area contributed by atoms with Gasteiger partial charge < -0.3 is 16.2 Å². The predicted octanol–water partition coefficient (Wildman–Crippen LogP) is 4.57.